The van der Waals surface area contributed by atoms with Crippen LogP contribution in [0.15, 0.2) is 249 Å². The van der Waals surface area contributed by atoms with Crippen molar-refractivity contribution in [1.82, 2.24) is 9.13 Å². The molecule has 3 heteroatoms. The van der Waals surface area contributed by atoms with Crippen molar-refractivity contribution in [3.8, 4) is 44.8 Å². The van der Waals surface area contributed by atoms with E-state index in [0.717, 1.165) is 5.69 Å². The Balaban J connectivity index is 1.07. The lowest BCUT2D eigenvalue weighted by Gasteiger charge is -2.31. The Morgan fingerprint density at radius 2 is 0.929 bits per heavy atom. The van der Waals surface area contributed by atoms with Crippen molar-refractivity contribution in [3.63, 3.8) is 0 Å². The molecule has 0 saturated heterocycles. The number of aromatic nitrogens is 2. The molecule has 12 aromatic rings. The number of allylic oxidation sites excluding steroid dienone is 2. The van der Waals surface area contributed by atoms with E-state index in [9.17, 15) is 0 Å². The molecule has 0 radical (unpaired) electrons. The van der Waals surface area contributed by atoms with Gasteiger partial charge < -0.3 is 14.0 Å². The van der Waals surface area contributed by atoms with Crippen LogP contribution in [0, 0.1) is 0 Å². The lowest BCUT2D eigenvalue weighted by Crippen LogP contribution is -2.28. The normalized spacial score (nSPS) is 16.5. The third-order valence-electron chi connectivity index (χ3n) is 16.2. The van der Waals surface area contributed by atoms with E-state index >= 15 is 0 Å². The van der Waals surface area contributed by atoms with Gasteiger partial charge in [-0.3, -0.25) is 0 Å². The monoisotopic (exact) mass is 889 g/mol. The molecule has 2 atom stereocenters. The summed E-state index contributed by atoms with van der Waals surface area (Å²) in [5.74, 6) is 0.205. The fourth-order valence-electron chi connectivity index (χ4n) is 13.7. The molecule has 10 aromatic carbocycles. The average Bonchev–Trinajstić information content (AvgIpc) is 4.21. The van der Waals surface area contributed by atoms with Crippen LogP contribution in [0.4, 0.5) is 11.4 Å². The van der Waals surface area contributed by atoms with Gasteiger partial charge in [0.2, 0.25) is 0 Å². The van der Waals surface area contributed by atoms with Crippen molar-refractivity contribution in [2.24, 2.45) is 0 Å². The number of nitrogens with zero attached hydrogens (tertiary/aromatic N) is 3. The van der Waals surface area contributed by atoms with Gasteiger partial charge in [-0.1, -0.05) is 194 Å². The summed E-state index contributed by atoms with van der Waals surface area (Å²) in [4.78, 5) is 2.54. The highest BCUT2D eigenvalue weighted by Gasteiger charge is 2.53. The van der Waals surface area contributed by atoms with E-state index in [1.807, 2.05) is 0 Å². The largest absolute Gasteiger partial charge is 0.333 e. The molecule has 2 unspecified atom stereocenters. The maximum Gasteiger partial charge on any atom is 0.0746 e. The summed E-state index contributed by atoms with van der Waals surface area (Å²) >= 11 is 0. The standard InChI is InChI=1S/C67H43N3/c1-3-19-42(20-4-1)68-59-34-15-11-27-49(59)55-41-44(37-40-61(55)68)70-62-36-18-28-50(53-30-17-29-52-48-26-10-16-35-60(48)69(65(52)53)43-21-5-2-6-22-43)63(62)54-39-38-51-47-25-9-14-33-58(47)67(64(51)66(54)70)56-31-12-7-23-45(56)46-24-8-13-32-57(46)67/h1-41,49,59H. The summed E-state index contributed by atoms with van der Waals surface area (Å²) < 4.78 is 5.13. The van der Waals surface area contributed by atoms with Crippen molar-refractivity contribution in [2.45, 2.75) is 17.4 Å². The molecule has 326 valence electrons. The van der Waals surface area contributed by atoms with E-state index in [2.05, 4.69) is 263 Å². The Morgan fingerprint density at radius 3 is 1.69 bits per heavy atom. The maximum atomic E-state index is 2.65. The summed E-state index contributed by atoms with van der Waals surface area (Å²) in [6.07, 6.45) is 9.23. The van der Waals surface area contributed by atoms with Crippen molar-refractivity contribution in [2.75, 3.05) is 4.90 Å². The highest BCUT2D eigenvalue weighted by molar-refractivity contribution is 6.22. The molecule has 3 heterocycles. The van der Waals surface area contributed by atoms with E-state index < -0.39 is 5.41 Å². The van der Waals surface area contributed by atoms with Crippen LogP contribution in [0.2, 0.25) is 0 Å². The fraction of sp³-hybridized carbons (Fsp3) is 0.0448. The van der Waals surface area contributed by atoms with Gasteiger partial charge in [0.15, 0.2) is 0 Å². The van der Waals surface area contributed by atoms with E-state index in [-0.39, 0.29) is 12.0 Å². The molecular weight excluding hydrogens is 847 g/mol. The Hall–Kier alpha value is -8.92. The third kappa shape index (κ3) is 4.79. The van der Waals surface area contributed by atoms with Gasteiger partial charge in [0.05, 0.1) is 33.5 Å². The van der Waals surface area contributed by atoms with Gasteiger partial charge in [-0.25, -0.2) is 0 Å². The Labute approximate surface area is 405 Å². The number of hydrogen-bond donors (Lipinski definition) is 0. The molecule has 0 saturated carbocycles. The molecule has 0 amide bonds. The van der Waals surface area contributed by atoms with E-state index in [0.29, 0.717) is 0 Å². The van der Waals surface area contributed by atoms with Gasteiger partial charge in [0.25, 0.3) is 0 Å². The molecule has 0 bridgehead atoms. The first-order valence-corrected chi connectivity index (χ1v) is 24.6. The first kappa shape index (κ1) is 38.1. The van der Waals surface area contributed by atoms with Crippen LogP contribution in [0.25, 0.3) is 88.4 Å². The van der Waals surface area contributed by atoms with Crippen LogP contribution in [0.5, 0.6) is 0 Å². The number of hydrogen-bond acceptors (Lipinski definition) is 1. The van der Waals surface area contributed by atoms with Gasteiger partial charge in [-0.15, -0.1) is 0 Å². The van der Waals surface area contributed by atoms with Crippen molar-refractivity contribution >= 4 is 55.0 Å². The first-order chi connectivity index (χ1) is 34.8. The third-order valence-corrected chi connectivity index (χ3v) is 16.2. The van der Waals surface area contributed by atoms with Crippen molar-refractivity contribution < 1.29 is 0 Å². The van der Waals surface area contributed by atoms with Crippen LogP contribution in [0.1, 0.15) is 33.7 Å². The minimum absolute atomic E-state index is 0.188. The summed E-state index contributed by atoms with van der Waals surface area (Å²) in [6.45, 7) is 0. The number of anilines is 2. The molecule has 1 aliphatic heterocycles. The molecular formula is C67H43N3. The Bertz CT molecular complexity index is 4200. The second-order valence-electron chi connectivity index (χ2n) is 19.4. The lowest BCUT2D eigenvalue weighted by molar-refractivity contribution is 0.744. The van der Waals surface area contributed by atoms with Gasteiger partial charge in [0.1, 0.15) is 0 Å². The van der Waals surface area contributed by atoms with Crippen LogP contribution < -0.4 is 4.90 Å². The molecule has 3 aliphatic carbocycles. The zero-order valence-corrected chi connectivity index (χ0v) is 38.2. The second kappa shape index (κ2) is 14.1. The molecule has 2 aromatic heterocycles. The predicted octanol–water partition coefficient (Wildman–Crippen LogP) is 16.6. The van der Waals surface area contributed by atoms with E-state index in [1.54, 1.807) is 0 Å². The molecule has 4 aliphatic rings. The van der Waals surface area contributed by atoms with Crippen molar-refractivity contribution in [3.05, 3.63) is 277 Å². The number of benzene rings is 10. The minimum Gasteiger partial charge on any atom is -0.333 e. The number of fused-ring (bicyclic) bond motifs is 20. The van der Waals surface area contributed by atoms with Gasteiger partial charge >= 0.3 is 0 Å². The molecule has 70 heavy (non-hydrogen) atoms. The minimum atomic E-state index is -0.548. The molecule has 0 N–H and O–H groups in total. The summed E-state index contributed by atoms with van der Waals surface area (Å²) in [6, 6.07) is 84.6. The Kier molecular flexibility index (Phi) is 7.66. The summed E-state index contributed by atoms with van der Waals surface area (Å²) in [5.41, 5.74) is 23.5. The van der Waals surface area contributed by atoms with E-state index in [4.69, 9.17) is 0 Å². The zero-order chi connectivity index (χ0) is 45.7. The van der Waals surface area contributed by atoms with E-state index in [1.165, 1.54) is 122 Å². The topological polar surface area (TPSA) is 13.1 Å². The zero-order valence-electron chi connectivity index (χ0n) is 38.2. The average molecular weight is 890 g/mol. The molecule has 0 fully saturated rings. The first-order valence-electron chi connectivity index (χ1n) is 24.6. The molecule has 16 rings (SSSR count). The lowest BCUT2D eigenvalue weighted by atomic mass is 9.70. The Morgan fingerprint density at radius 1 is 0.357 bits per heavy atom. The molecule has 3 nitrogen and oxygen atoms in total. The summed E-state index contributed by atoms with van der Waals surface area (Å²) in [7, 11) is 0. The van der Waals surface area contributed by atoms with Crippen LogP contribution in [-0.2, 0) is 5.41 Å². The second-order valence-corrected chi connectivity index (χ2v) is 19.4. The van der Waals surface area contributed by atoms with Gasteiger partial charge in [0, 0.05) is 61.3 Å². The smallest absolute Gasteiger partial charge is 0.0746 e. The maximum absolute atomic E-state index is 2.65. The van der Waals surface area contributed by atoms with Crippen LogP contribution in [0.3, 0.4) is 0 Å². The number of rotatable bonds is 4. The molecule has 1 spiro atoms. The van der Waals surface area contributed by atoms with Crippen LogP contribution >= 0.6 is 0 Å². The summed E-state index contributed by atoms with van der Waals surface area (Å²) in [5, 5.41) is 5.01. The van der Waals surface area contributed by atoms with Gasteiger partial charge in [-0.2, -0.15) is 0 Å². The van der Waals surface area contributed by atoms with Crippen molar-refractivity contribution in [1.29, 1.82) is 0 Å². The van der Waals surface area contributed by atoms with Gasteiger partial charge in [-0.05, 0) is 105 Å². The fourth-order valence-corrected chi connectivity index (χ4v) is 13.7. The van der Waals surface area contributed by atoms with Crippen LogP contribution in [-0.4, -0.2) is 15.2 Å². The quantitative estimate of drug-likeness (QED) is 0.172. The SMILES string of the molecule is C1=CC2c3cc(-n4c5cccc(-c6cccc7c8ccccc8n(-c8ccccc8)c67)c5c5ccc6c(c54)C4(c5ccccc5-c5ccccc54)c4ccccc4-6)ccc3N(c3ccccc3)C2C=C1. The highest BCUT2D eigenvalue weighted by atomic mass is 15.2. The number of para-hydroxylation sites is 4. The predicted molar refractivity (Wildman–Crippen MR) is 290 cm³/mol. The highest BCUT2D eigenvalue weighted by Crippen LogP contribution is 2.65.